The summed E-state index contributed by atoms with van der Waals surface area (Å²) in [7, 11) is -0.504. The van der Waals surface area contributed by atoms with Crippen molar-refractivity contribution in [1.82, 2.24) is 19.2 Å². The minimum absolute atomic E-state index is 0.0197. The fourth-order valence-corrected chi connectivity index (χ4v) is 4.64. The molecule has 0 fully saturated rings. The molecule has 0 radical (unpaired) electrons. The molecule has 0 bridgehead atoms. The molecule has 1 atom stereocenters. The number of nitrogens with zero attached hydrogens (tertiary/aromatic N) is 3. The SMILES string of the molecule is CCCCn1c(SC(C)C(=O)NCC(C)C)nc2cc(S(=O)(=O)N(C)C)ccc21. The number of sulfonamides is 1. The van der Waals surface area contributed by atoms with Crippen molar-refractivity contribution in [2.24, 2.45) is 5.92 Å². The quantitative estimate of drug-likeness (QED) is 0.573. The number of benzene rings is 1. The molecule has 0 aliphatic rings. The highest BCUT2D eigenvalue weighted by Gasteiger charge is 2.22. The van der Waals surface area contributed by atoms with Crippen LogP contribution in [0.2, 0.25) is 0 Å². The number of unbranched alkanes of at least 4 members (excludes halogenated alkanes) is 1. The third-order valence-corrected chi connectivity index (χ3v) is 7.44. The smallest absolute Gasteiger partial charge is 0.242 e. The van der Waals surface area contributed by atoms with E-state index < -0.39 is 10.0 Å². The summed E-state index contributed by atoms with van der Waals surface area (Å²) in [5, 5.41) is 3.40. The van der Waals surface area contributed by atoms with E-state index in [2.05, 4.69) is 35.6 Å². The van der Waals surface area contributed by atoms with Crippen molar-refractivity contribution in [2.75, 3.05) is 20.6 Å². The number of amides is 1. The Labute approximate surface area is 178 Å². The first-order valence-corrected chi connectivity index (χ1v) is 12.3. The number of fused-ring (bicyclic) bond motifs is 1. The third-order valence-electron chi connectivity index (χ3n) is 4.53. The van der Waals surface area contributed by atoms with Crippen molar-refractivity contribution < 1.29 is 13.2 Å². The first-order chi connectivity index (χ1) is 13.6. The maximum atomic E-state index is 12.5. The number of hydrogen-bond acceptors (Lipinski definition) is 5. The molecule has 29 heavy (non-hydrogen) atoms. The van der Waals surface area contributed by atoms with Gasteiger partial charge in [-0.25, -0.2) is 17.7 Å². The molecular weight excluding hydrogens is 408 g/mol. The van der Waals surface area contributed by atoms with Crippen LogP contribution in [0.5, 0.6) is 0 Å². The lowest BCUT2D eigenvalue weighted by Gasteiger charge is -2.14. The van der Waals surface area contributed by atoms with E-state index in [4.69, 9.17) is 0 Å². The highest BCUT2D eigenvalue weighted by atomic mass is 32.2. The van der Waals surface area contributed by atoms with Crippen LogP contribution in [-0.4, -0.2) is 54.1 Å². The third kappa shape index (κ3) is 5.73. The molecule has 9 heteroatoms. The van der Waals surface area contributed by atoms with Gasteiger partial charge in [-0.15, -0.1) is 0 Å². The summed E-state index contributed by atoms with van der Waals surface area (Å²) < 4.78 is 28.2. The standard InChI is InChI=1S/C20H32N4O3S2/c1-7-8-11-24-18-10-9-16(29(26,27)23(5)6)12-17(18)22-20(24)28-15(4)19(25)21-13-14(2)3/h9-10,12,14-15H,7-8,11,13H2,1-6H3,(H,21,25). The number of hydrogen-bond donors (Lipinski definition) is 1. The van der Waals surface area contributed by atoms with Gasteiger partial charge in [0.15, 0.2) is 5.16 Å². The van der Waals surface area contributed by atoms with Gasteiger partial charge in [-0.2, -0.15) is 0 Å². The zero-order valence-electron chi connectivity index (χ0n) is 18.1. The molecule has 1 heterocycles. The Morgan fingerprint density at radius 2 is 1.97 bits per heavy atom. The Kier molecular flexibility index (Phi) is 8.13. The van der Waals surface area contributed by atoms with Crippen LogP contribution in [0.25, 0.3) is 11.0 Å². The van der Waals surface area contributed by atoms with Gasteiger partial charge in [0.25, 0.3) is 0 Å². The monoisotopic (exact) mass is 440 g/mol. The number of carbonyl (C=O) groups excluding carboxylic acids is 1. The number of nitrogens with one attached hydrogen (secondary N) is 1. The Bertz CT molecular complexity index is 952. The molecule has 0 aliphatic heterocycles. The molecule has 1 amide bonds. The van der Waals surface area contributed by atoms with E-state index in [1.54, 1.807) is 12.1 Å². The van der Waals surface area contributed by atoms with Crippen molar-refractivity contribution in [3.05, 3.63) is 18.2 Å². The number of aromatic nitrogens is 2. The Morgan fingerprint density at radius 3 is 2.55 bits per heavy atom. The normalized spacial score (nSPS) is 13.4. The van der Waals surface area contributed by atoms with E-state index >= 15 is 0 Å². The molecule has 1 aromatic carbocycles. The fraction of sp³-hybridized carbons (Fsp3) is 0.600. The molecule has 1 aromatic heterocycles. The van der Waals surface area contributed by atoms with Gasteiger partial charge in [0, 0.05) is 27.2 Å². The van der Waals surface area contributed by atoms with Crippen molar-refractivity contribution in [1.29, 1.82) is 0 Å². The topological polar surface area (TPSA) is 84.3 Å². The summed E-state index contributed by atoms with van der Waals surface area (Å²) in [6, 6.07) is 5.04. The van der Waals surface area contributed by atoms with Crippen molar-refractivity contribution >= 4 is 38.7 Å². The Hall–Kier alpha value is -1.58. The number of carbonyl (C=O) groups is 1. The van der Waals surface area contributed by atoms with Gasteiger partial charge in [0.1, 0.15) is 0 Å². The Morgan fingerprint density at radius 1 is 1.28 bits per heavy atom. The minimum Gasteiger partial charge on any atom is -0.355 e. The average molecular weight is 441 g/mol. The van der Waals surface area contributed by atoms with E-state index in [0.29, 0.717) is 18.0 Å². The number of aryl methyl sites for hydroxylation is 1. The summed E-state index contributed by atoms with van der Waals surface area (Å²) >= 11 is 1.41. The highest BCUT2D eigenvalue weighted by molar-refractivity contribution is 8.00. The lowest BCUT2D eigenvalue weighted by molar-refractivity contribution is -0.120. The first-order valence-electron chi connectivity index (χ1n) is 9.95. The zero-order valence-corrected chi connectivity index (χ0v) is 19.7. The van der Waals surface area contributed by atoms with Crippen LogP contribution >= 0.6 is 11.8 Å². The van der Waals surface area contributed by atoms with Crippen LogP contribution in [0.15, 0.2) is 28.3 Å². The van der Waals surface area contributed by atoms with Gasteiger partial charge in [0.05, 0.1) is 21.2 Å². The Balaban J connectivity index is 2.38. The molecule has 0 aliphatic carbocycles. The summed E-state index contributed by atoms with van der Waals surface area (Å²) in [4.78, 5) is 17.3. The van der Waals surface area contributed by atoms with Gasteiger partial charge in [-0.05, 0) is 37.5 Å². The molecule has 2 aromatic rings. The van der Waals surface area contributed by atoms with Crippen molar-refractivity contribution in [3.63, 3.8) is 0 Å². The predicted octanol–water partition coefficient (Wildman–Crippen LogP) is 3.34. The largest absolute Gasteiger partial charge is 0.355 e. The van der Waals surface area contributed by atoms with E-state index in [-0.39, 0.29) is 16.1 Å². The van der Waals surface area contributed by atoms with E-state index in [1.165, 1.54) is 30.2 Å². The van der Waals surface area contributed by atoms with Crippen LogP contribution in [0.1, 0.15) is 40.5 Å². The minimum atomic E-state index is -3.53. The van der Waals surface area contributed by atoms with E-state index in [9.17, 15) is 13.2 Å². The van der Waals surface area contributed by atoms with Crippen LogP contribution < -0.4 is 5.32 Å². The number of imidazole rings is 1. The first kappa shape index (κ1) is 23.7. The molecule has 1 unspecified atom stereocenters. The van der Waals surface area contributed by atoms with Crippen molar-refractivity contribution in [2.45, 2.75) is 62.4 Å². The summed E-state index contributed by atoms with van der Waals surface area (Å²) in [6.07, 6.45) is 2.01. The lowest BCUT2D eigenvalue weighted by atomic mass is 10.2. The second-order valence-electron chi connectivity index (χ2n) is 7.74. The second kappa shape index (κ2) is 9.95. The van der Waals surface area contributed by atoms with Crippen LogP contribution in [-0.2, 0) is 21.4 Å². The molecular formula is C20H32N4O3S2. The summed E-state index contributed by atoms with van der Waals surface area (Å²) in [5.74, 6) is 0.371. The van der Waals surface area contributed by atoms with E-state index in [0.717, 1.165) is 30.1 Å². The van der Waals surface area contributed by atoms with Crippen LogP contribution in [0, 0.1) is 5.92 Å². The maximum Gasteiger partial charge on any atom is 0.242 e. The molecule has 0 spiro atoms. The molecule has 162 valence electrons. The number of rotatable bonds is 10. The van der Waals surface area contributed by atoms with Crippen LogP contribution in [0.4, 0.5) is 0 Å². The summed E-state index contributed by atoms with van der Waals surface area (Å²) in [5.41, 5.74) is 1.51. The van der Waals surface area contributed by atoms with Gasteiger partial charge in [-0.3, -0.25) is 4.79 Å². The lowest BCUT2D eigenvalue weighted by Crippen LogP contribution is -2.33. The predicted molar refractivity (Wildman–Crippen MR) is 119 cm³/mol. The molecule has 1 N–H and O–H groups in total. The maximum absolute atomic E-state index is 12.5. The van der Waals surface area contributed by atoms with Crippen LogP contribution in [0.3, 0.4) is 0 Å². The molecule has 0 saturated heterocycles. The van der Waals surface area contributed by atoms with Gasteiger partial charge < -0.3 is 9.88 Å². The van der Waals surface area contributed by atoms with Gasteiger partial charge >= 0.3 is 0 Å². The second-order valence-corrected chi connectivity index (χ2v) is 11.2. The van der Waals surface area contributed by atoms with Gasteiger partial charge in [0.2, 0.25) is 15.9 Å². The molecule has 0 saturated carbocycles. The highest BCUT2D eigenvalue weighted by Crippen LogP contribution is 2.29. The van der Waals surface area contributed by atoms with Gasteiger partial charge in [-0.1, -0.05) is 39.0 Å². The van der Waals surface area contributed by atoms with E-state index in [1.807, 2.05) is 13.0 Å². The molecule has 7 nitrogen and oxygen atoms in total. The zero-order chi connectivity index (χ0) is 21.8. The average Bonchev–Trinajstić information content (AvgIpc) is 3.00. The fourth-order valence-electron chi connectivity index (χ4n) is 2.74. The number of thioether (sulfide) groups is 1. The summed E-state index contributed by atoms with van der Waals surface area (Å²) in [6.45, 7) is 9.52. The van der Waals surface area contributed by atoms with Crippen molar-refractivity contribution in [3.8, 4) is 0 Å². The molecule has 2 rings (SSSR count).